The van der Waals surface area contributed by atoms with Crippen LogP contribution in [0.25, 0.3) is 0 Å². The maximum Gasteiger partial charge on any atom is 0.0347 e. The van der Waals surface area contributed by atoms with Gasteiger partial charge in [0.15, 0.2) is 0 Å². The van der Waals surface area contributed by atoms with Crippen LogP contribution in [0.1, 0.15) is 32.8 Å². The maximum atomic E-state index is 5.94. The number of nitrogens with two attached hydrogens (primary N) is 1. The van der Waals surface area contributed by atoms with Gasteiger partial charge in [-0.2, -0.15) is 0 Å². The van der Waals surface area contributed by atoms with E-state index in [0.717, 1.165) is 18.7 Å². The molecule has 0 fully saturated rings. The van der Waals surface area contributed by atoms with E-state index in [4.69, 9.17) is 5.73 Å². The van der Waals surface area contributed by atoms with Crippen LogP contribution in [0.4, 0.5) is 5.69 Å². The maximum absolute atomic E-state index is 5.94. The van der Waals surface area contributed by atoms with Crippen LogP contribution in [0, 0.1) is 0 Å². The highest BCUT2D eigenvalue weighted by atomic mass is 15.1. The fourth-order valence-corrected chi connectivity index (χ4v) is 1.94. The number of nitrogen functional groups attached to an aromatic ring is 1. The third kappa shape index (κ3) is 3.86. The number of hydrogen-bond acceptors (Lipinski definition) is 2. The van der Waals surface area contributed by atoms with E-state index in [1.807, 2.05) is 12.1 Å². The number of nitrogens with zero attached hydrogens (tertiary/aromatic N) is 1. The summed E-state index contributed by atoms with van der Waals surface area (Å²) in [7, 11) is 0. The minimum atomic E-state index is 0.616. The lowest BCUT2D eigenvalue weighted by molar-refractivity contribution is 0.225. The predicted octanol–water partition coefficient (Wildman–Crippen LogP) is 2.93. The Morgan fingerprint density at radius 3 is 2.44 bits per heavy atom. The molecule has 0 saturated heterocycles. The lowest BCUT2D eigenvalue weighted by Crippen LogP contribution is -2.33. The van der Waals surface area contributed by atoms with Gasteiger partial charge in [0.1, 0.15) is 0 Å². The van der Waals surface area contributed by atoms with Gasteiger partial charge >= 0.3 is 0 Å². The Morgan fingerprint density at radius 1 is 1.19 bits per heavy atom. The molecule has 0 amide bonds. The first kappa shape index (κ1) is 13.0. The molecule has 1 aromatic rings. The quantitative estimate of drug-likeness (QED) is 0.747. The number of rotatable bonds is 6. The van der Waals surface area contributed by atoms with E-state index < -0.39 is 0 Å². The SMILES string of the molecule is CCCN(CCc1ccccc1N)C(C)C. The van der Waals surface area contributed by atoms with Crippen LogP contribution in [-0.4, -0.2) is 24.0 Å². The minimum absolute atomic E-state index is 0.616. The Labute approximate surface area is 99.5 Å². The van der Waals surface area contributed by atoms with Crippen LogP contribution in [-0.2, 0) is 6.42 Å². The van der Waals surface area contributed by atoms with Crippen LogP contribution < -0.4 is 5.73 Å². The first-order valence-corrected chi connectivity index (χ1v) is 6.22. The van der Waals surface area contributed by atoms with Crippen LogP contribution in [0.2, 0.25) is 0 Å². The van der Waals surface area contributed by atoms with E-state index in [1.54, 1.807) is 0 Å². The average Bonchev–Trinajstić information content (AvgIpc) is 2.26. The topological polar surface area (TPSA) is 29.3 Å². The fourth-order valence-electron chi connectivity index (χ4n) is 1.94. The van der Waals surface area contributed by atoms with Gasteiger partial charge in [0.05, 0.1) is 0 Å². The zero-order chi connectivity index (χ0) is 12.0. The molecule has 0 aliphatic rings. The Kier molecular flexibility index (Phi) is 5.33. The van der Waals surface area contributed by atoms with Crippen molar-refractivity contribution < 1.29 is 0 Å². The van der Waals surface area contributed by atoms with Gasteiger partial charge < -0.3 is 10.6 Å². The van der Waals surface area contributed by atoms with Crippen LogP contribution in [0.15, 0.2) is 24.3 Å². The van der Waals surface area contributed by atoms with Crippen molar-refractivity contribution >= 4 is 5.69 Å². The van der Waals surface area contributed by atoms with Crippen molar-refractivity contribution in [3.63, 3.8) is 0 Å². The summed E-state index contributed by atoms with van der Waals surface area (Å²) in [5, 5.41) is 0. The standard InChI is InChI=1S/C14H24N2/c1-4-10-16(12(2)3)11-9-13-7-5-6-8-14(13)15/h5-8,12H,4,9-11,15H2,1-3H3. The molecule has 0 saturated carbocycles. The Morgan fingerprint density at radius 2 is 1.88 bits per heavy atom. The van der Waals surface area contributed by atoms with Gasteiger partial charge in [0, 0.05) is 18.3 Å². The molecular weight excluding hydrogens is 196 g/mol. The van der Waals surface area contributed by atoms with Crippen LogP contribution in [0.3, 0.4) is 0 Å². The van der Waals surface area contributed by atoms with E-state index in [0.29, 0.717) is 6.04 Å². The summed E-state index contributed by atoms with van der Waals surface area (Å²) < 4.78 is 0. The van der Waals surface area contributed by atoms with Gasteiger partial charge in [-0.3, -0.25) is 0 Å². The molecule has 0 atom stereocenters. The first-order chi connectivity index (χ1) is 7.65. The molecule has 2 N–H and O–H groups in total. The van der Waals surface area contributed by atoms with Crippen LogP contribution in [0.5, 0.6) is 0 Å². The zero-order valence-electron chi connectivity index (χ0n) is 10.7. The molecule has 0 radical (unpaired) electrons. The largest absolute Gasteiger partial charge is 0.399 e. The fraction of sp³-hybridized carbons (Fsp3) is 0.571. The smallest absolute Gasteiger partial charge is 0.0347 e. The Hall–Kier alpha value is -1.02. The van der Waals surface area contributed by atoms with Crippen molar-refractivity contribution in [2.75, 3.05) is 18.8 Å². The summed E-state index contributed by atoms with van der Waals surface area (Å²) in [5.41, 5.74) is 8.13. The molecule has 1 aromatic carbocycles. The molecule has 0 aliphatic heterocycles. The summed E-state index contributed by atoms with van der Waals surface area (Å²) in [6.07, 6.45) is 2.26. The number of benzene rings is 1. The van der Waals surface area contributed by atoms with Gasteiger partial charge in [-0.15, -0.1) is 0 Å². The second kappa shape index (κ2) is 6.54. The molecule has 0 heterocycles. The highest BCUT2D eigenvalue weighted by Gasteiger charge is 2.08. The summed E-state index contributed by atoms with van der Waals surface area (Å²) in [4.78, 5) is 2.51. The van der Waals surface area contributed by atoms with Crippen molar-refractivity contribution in [3.05, 3.63) is 29.8 Å². The van der Waals surface area contributed by atoms with E-state index in [2.05, 4.69) is 37.8 Å². The minimum Gasteiger partial charge on any atom is -0.399 e. The highest BCUT2D eigenvalue weighted by Crippen LogP contribution is 2.12. The second-order valence-electron chi connectivity index (χ2n) is 4.58. The van der Waals surface area contributed by atoms with E-state index in [9.17, 15) is 0 Å². The Bertz CT molecular complexity index is 307. The van der Waals surface area contributed by atoms with Crippen molar-refractivity contribution in [1.29, 1.82) is 0 Å². The average molecular weight is 220 g/mol. The van der Waals surface area contributed by atoms with Crippen molar-refractivity contribution in [3.8, 4) is 0 Å². The molecule has 2 heteroatoms. The number of hydrogen-bond donors (Lipinski definition) is 1. The van der Waals surface area contributed by atoms with Gasteiger partial charge in [-0.25, -0.2) is 0 Å². The molecule has 0 bridgehead atoms. The number of anilines is 1. The summed E-state index contributed by atoms with van der Waals surface area (Å²) >= 11 is 0. The molecule has 16 heavy (non-hydrogen) atoms. The molecule has 0 spiro atoms. The third-order valence-electron chi connectivity index (χ3n) is 2.96. The predicted molar refractivity (Wildman–Crippen MR) is 71.6 cm³/mol. The summed E-state index contributed by atoms with van der Waals surface area (Å²) in [5.74, 6) is 0. The zero-order valence-corrected chi connectivity index (χ0v) is 10.7. The molecule has 0 unspecified atom stereocenters. The summed E-state index contributed by atoms with van der Waals surface area (Å²) in [6, 6.07) is 8.77. The van der Waals surface area contributed by atoms with Gasteiger partial charge in [0.25, 0.3) is 0 Å². The second-order valence-corrected chi connectivity index (χ2v) is 4.58. The molecule has 90 valence electrons. The molecule has 0 aromatic heterocycles. The lowest BCUT2D eigenvalue weighted by atomic mass is 10.1. The van der Waals surface area contributed by atoms with Crippen LogP contribution >= 0.6 is 0 Å². The molecule has 1 rings (SSSR count). The molecular formula is C14H24N2. The molecule has 0 aliphatic carbocycles. The normalized spacial score (nSPS) is 11.3. The Balaban J connectivity index is 2.52. The lowest BCUT2D eigenvalue weighted by Gasteiger charge is -2.26. The first-order valence-electron chi connectivity index (χ1n) is 6.22. The van der Waals surface area contributed by atoms with Gasteiger partial charge in [0.2, 0.25) is 0 Å². The van der Waals surface area contributed by atoms with E-state index in [1.165, 1.54) is 18.5 Å². The van der Waals surface area contributed by atoms with E-state index in [-0.39, 0.29) is 0 Å². The molecule has 2 nitrogen and oxygen atoms in total. The van der Waals surface area contributed by atoms with Gasteiger partial charge in [-0.05, 0) is 44.9 Å². The number of para-hydroxylation sites is 1. The third-order valence-corrected chi connectivity index (χ3v) is 2.96. The van der Waals surface area contributed by atoms with Crippen molar-refractivity contribution in [2.45, 2.75) is 39.7 Å². The highest BCUT2D eigenvalue weighted by molar-refractivity contribution is 5.46. The van der Waals surface area contributed by atoms with Crippen molar-refractivity contribution in [1.82, 2.24) is 4.90 Å². The van der Waals surface area contributed by atoms with E-state index >= 15 is 0 Å². The van der Waals surface area contributed by atoms with Gasteiger partial charge in [-0.1, -0.05) is 25.1 Å². The monoisotopic (exact) mass is 220 g/mol. The van der Waals surface area contributed by atoms with Crippen molar-refractivity contribution in [2.24, 2.45) is 0 Å². The summed E-state index contributed by atoms with van der Waals surface area (Å²) in [6.45, 7) is 9.00.